The third-order valence-electron chi connectivity index (χ3n) is 2.91. The second kappa shape index (κ2) is 5.28. The highest BCUT2D eigenvalue weighted by Crippen LogP contribution is 2.21. The van der Waals surface area contributed by atoms with E-state index >= 15 is 0 Å². The Morgan fingerprint density at radius 1 is 1.50 bits per heavy atom. The summed E-state index contributed by atoms with van der Waals surface area (Å²) in [5.41, 5.74) is 0.120. The Labute approximate surface area is 103 Å². The summed E-state index contributed by atoms with van der Waals surface area (Å²) in [6, 6.07) is 3.41. The predicted molar refractivity (Wildman–Crippen MR) is 64.1 cm³/mol. The number of nitro benzene ring substituents is 1. The summed E-state index contributed by atoms with van der Waals surface area (Å²) < 4.78 is 18.5. The molecule has 0 spiro atoms. The van der Waals surface area contributed by atoms with Crippen LogP contribution in [0.5, 0.6) is 0 Å². The molecule has 1 aliphatic heterocycles. The normalized spacial score (nSPS) is 23.0. The Morgan fingerprint density at radius 2 is 2.28 bits per heavy atom. The number of nitrogens with one attached hydrogen (secondary N) is 2. The van der Waals surface area contributed by atoms with Gasteiger partial charge in [-0.05, 0) is 6.07 Å². The van der Waals surface area contributed by atoms with E-state index in [-0.39, 0.29) is 17.8 Å². The van der Waals surface area contributed by atoms with E-state index in [0.717, 1.165) is 6.07 Å². The number of non-ortho nitro benzene ring substituents is 1. The second-order valence-electron chi connectivity index (χ2n) is 4.14. The minimum atomic E-state index is -0.633. The van der Waals surface area contributed by atoms with Crippen LogP contribution < -0.4 is 10.6 Å². The number of hydrogen-bond donors (Lipinski definition) is 2. The molecule has 2 atom stereocenters. The SMILES string of the molecule is CO[C@H]1CNCC1Nc1cc(F)cc([N+](=O)[O-])c1. The molecule has 0 radical (unpaired) electrons. The Hall–Kier alpha value is -1.73. The molecule has 0 aliphatic carbocycles. The number of anilines is 1. The first-order valence-corrected chi connectivity index (χ1v) is 5.55. The van der Waals surface area contributed by atoms with Crippen molar-refractivity contribution in [2.75, 3.05) is 25.5 Å². The lowest BCUT2D eigenvalue weighted by Gasteiger charge is -2.19. The van der Waals surface area contributed by atoms with Gasteiger partial charge in [-0.15, -0.1) is 0 Å². The maximum Gasteiger partial charge on any atom is 0.274 e. The van der Waals surface area contributed by atoms with Crippen LogP contribution in [0.3, 0.4) is 0 Å². The Balaban J connectivity index is 2.16. The van der Waals surface area contributed by atoms with Crippen molar-refractivity contribution in [1.29, 1.82) is 0 Å². The van der Waals surface area contributed by atoms with E-state index in [1.807, 2.05) is 0 Å². The number of halogens is 1. The molecule has 0 bridgehead atoms. The van der Waals surface area contributed by atoms with Crippen LogP contribution in [0.1, 0.15) is 0 Å². The molecule has 98 valence electrons. The predicted octanol–water partition coefficient (Wildman–Crippen LogP) is 1.13. The zero-order valence-electron chi connectivity index (χ0n) is 9.85. The Bertz CT molecular complexity index is 455. The van der Waals surface area contributed by atoms with Crippen molar-refractivity contribution in [2.24, 2.45) is 0 Å². The van der Waals surface area contributed by atoms with Crippen molar-refractivity contribution >= 4 is 11.4 Å². The first-order valence-electron chi connectivity index (χ1n) is 5.55. The molecule has 1 aliphatic rings. The van der Waals surface area contributed by atoms with Crippen molar-refractivity contribution in [2.45, 2.75) is 12.1 Å². The molecule has 1 fully saturated rings. The van der Waals surface area contributed by atoms with Crippen LogP contribution in [0, 0.1) is 15.9 Å². The standard InChI is InChI=1S/C11H14FN3O3/c1-18-11-6-13-5-10(11)14-8-2-7(12)3-9(4-8)15(16)17/h2-4,10-11,13-14H,5-6H2,1H3/t10?,11-/m0/s1. The van der Waals surface area contributed by atoms with Gasteiger partial charge >= 0.3 is 0 Å². The van der Waals surface area contributed by atoms with Gasteiger partial charge in [0.25, 0.3) is 5.69 Å². The smallest absolute Gasteiger partial charge is 0.274 e. The first-order chi connectivity index (χ1) is 8.60. The minimum absolute atomic E-state index is 0.0311. The highest BCUT2D eigenvalue weighted by molar-refractivity contribution is 5.52. The maximum atomic E-state index is 13.2. The van der Waals surface area contributed by atoms with Gasteiger partial charge in [-0.1, -0.05) is 0 Å². The van der Waals surface area contributed by atoms with E-state index in [2.05, 4.69) is 10.6 Å². The molecule has 1 aromatic carbocycles. The van der Waals surface area contributed by atoms with E-state index in [1.54, 1.807) is 7.11 Å². The van der Waals surface area contributed by atoms with E-state index in [0.29, 0.717) is 18.8 Å². The average Bonchev–Trinajstić information content (AvgIpc) is 2.75. The highest BCUT2D eigenvalue weighted by atomic mass is 19.1. The molecule has 1 heterocycles. The van der Waals surface area contributed by atoms with Gasteiger partial charge in [0, 0.05) is 32.0 Å². The molecule has 18 heavy (non-hydrogen) atoms. The third kappa shape index (κ3) is 2.74. The molecule has 1 unspecified atom stereocenters. The monoisotopic (exact) mass is 255 g/mol. The Kier molecular flexibility index (Phi) is 3.73. The van der Waals surface area contributed by atoms with Crippen LogP contribution in [0.4, 0.5) is 15.8 Å². The fourth-order valence-corrected chi connectivity index (χ4v) is 2.02. The molecule has 2 N–H and O–H groups in total. The van der Waals surface area contributed by atoms with Crippen molar-refractivity contribution in [1.82, 2.24) is 5.32 Å². The van der Waals surface area contributed by atoms with Crippen LogP contribution in [0.25, 0.3) is 0 Å². The third-order valence-corrected chi connectivity index (χ3v) is 2.91. The fourth-order valence-electron chi connectivity index (χ4n) is 2.02. The highest BCUT2D eigenvalue weighted by Gasteiger charge is 2.27. The summed E-state index contributed by atoms with van der Waals surface area (Å²) in [6.07, 6.45) is -0.0349. The lowest BCUT2D eigenvalue weighted by Crippen LogP contribution is -2.33. The van der Waals surface area contributed by atoms with Crippen LogP contribution in [0.15, 0.2) is 18.2 Å². The molecule has 0 saturated carbocycles. The zero-order valence-corrected chi connectivity index (χ0v) is 9.85. The molecule has 0 amide bonds. The summed E-state index contributed by atoms with van der Waals surface area (Å²) in [6.45, 7) is 1.37. The average molecular weight is 255 g/mol. The topological polar surface area (TPSA) is 76.4 Å². The second-order valence-corrected chi connectivity index (χ2v) is 4.14. The van der Waals surface area contributed by atoms with Gasteiger partial charge in [0.05, 0.1) is 23.1 Å². The summed E-state index contributed by atoms with van der Waals surface area (Å²) in [4.78, 5) is 10.0. The van der Waals surface area contributed by atoms with Crippen LogP contribution in [-0.4, -0.2) is 37.3 Å². The van der Waals surface area contributed by atoms with Crippen LogP contribution in [0.2, 0.25) is 0 Å². The number of benzene rings is 1. The Morgan fingerprint density at radius 3 is 2.94 bits per heavy atom. The number of ether oxygens (including phenoxy) is 1. The van der Waals surface area contributed by atoms with Gasteiger partial charge in [0.15, 0.2) is 0 Å². The number of methoxy groups -OCH3 is 1. The molecule has 7 heteroatoms. The van der Waals surface area contributed by atoms with Gasteiger partial charge in [-0.2, -0.15) is 0 Å². The molecule has 6 nitrogen and oxygen atoms in total. The first kappa shape index (κ1) is 12.7. The molecule has 1 aromatic rings. The lowest BCUT2D eigenvalue weighted by molar-refractivity contribution is -0.385. The molecular formula is C11H14FN3O3. The largest absolute Gasteiger partial charge is 0.378 e. The summed E-state index contributed by atoms with van der Waals surface area (Å²) in [5.74, 6) is -0.633. The van der Waals surface area contributed by atoms with Gasteiger partial charge in [0.1, 0.15) is 5.82 Å². The van der Waals surface area contributed by atoms with Gasteiger partial charge < -0.3 is 15.4 Å². The zero-order chi connectivity index (χ0) is 13.1. The lowest BCUT2D eigenvalue weighted by atomic mass is 10.2. The van der Waals surface area contributed by atoms with Crippen molar-refractivity contribution in [3.05, 3.63) is 34.1 Å². The van der Waals surface area contributed by atoms with Crippen LogP contribution in [-0.2, 0) is 4.74 Å². The molecule has 0 aromatic heterocycles. The van der Waals surface area contributed by atoms with Crippen LogP contribution >= 0.6 is 0 Å². The maximum absolute atomic E-state index is 13.2. The molecule has 2 rings (SSSR count). The van der Waals surface area contributed by atoms with Gasteiger partial charge in [-0.3, -0.25) is 10.1 Å². The van der Waals surface area contributed by atoms with Crippen molar-refractivity contribution < 1.29 is 14.1 Å². The van der Waals surface area contributed by atoms with Gasteiger partial charge in [-0.25, -0.2) is 4.39 Å². The van der Waals surface area contributed by atoms with E-state index in [4.69, 9.17) is 4.74 Å². The van der Waals surface area contributed by atoms with Gasteiger partial charge in [0.2, 0.25) is 0 Å². The van der Waals surface area contributed by atoms with Crippen molar-refractivity contribution in [3.63, 3.8) is 0 Å². The number of nitrogens with zero attached hydrogens (tertiary/aromatic N) is 1. The fraction of sp³-hybridized carbons (Fsp3) is 0.455. The number of rotatable bonds is 4. The van der Waals surface area contributed by atoms with E-state index in [9.17, 15) is 14.5 Å². The van der Waals surface area contributed by atoms with Crippen molar-refractivity contribution in [3.8, 4) is 0 Å². The summed E-state index contributed by atoms with van der Waals surface area (Å²) in [7, 11) is 1.60. The molecular weight excluding hydrogens is 241 g/mol. The van der Waals surface area contributed by atoms with E-state index < -0.39 is 10.7 Å². The molecule has 1 saturated heterocycles. The number of hydrogen-bond acceptors (Lipinski definition) is 5. The summed E-state index contributed by atoms with van der Waals surface area (Å²) >= 11 is 0. The number of nitro groups is 1. The van der Waals surface area contributed by atoms with E-state index in [1.165, 1.54) is 12.1 Å². The minimum Gasteiger partial charge on any atom is -0.378 e. The summed E-state index contributed by atoms with van der Waals surface area (Å²) in [5, 5.41) is 16.8. The quantitative estimate of drug-likeness (QED) is 0.623.